The Balaban J connectivity index is 1.87. The van der Waals surface area contributed by atoms with Gasteiger partial charge in [-0.1, -0.05) is 6.42 Å². The fraction of sp³-hybridized carbons (Fsp3) is 0.500. The van der Waals surface area contributed by atoms with Gasteiger partial charge in [0.05, 0.1) is 17.4 Å². The monoisotopic (exact) mass is 286 g/mol. The van der Waals surface area contributed by atoms with Gasteiger partial charge in [0.25, 0.3) is 5.91 Å². The van der Waals surface area contributed by atoms with Crippen molar-refractivity contribution in [2.75, 3.05) is 13.1 Å². The molecule has 2 atom stereocenters. The minimum Gasteiger partial charge on any atom is -0.345 e. The molecule has 5 nitrogen and oxygen atoms in total. The van der Waals surface area contributed by atoms with E-state index in [0.717, 1.165) is 42.4 Å². The number of aromatic nitrogens is 2. The Bertz CT molecular complexity index is 636. The second-order valence-electron chi connectivity index (χ2n) is 5.72. The van der Waals surface area contributed by atoms with Crippen LogP contribution in [0, 0.1) is 5.92 Å². The van der Waals surface area contributed by atoms with E-state index in [4.69, 9.17) is 5.73 Å². The van der Waals surface area contributed by atoms with Gasteiger partial charge in [0.1, 0.15) is 0 Å². The first kappa shape index (κ1) is 14.1. The number of imidazole rings is 1. The molecule has 1 aliphatic rings. The van der Waals surface area contributed by atoms with Crippen LogP contribution in [0.5, 0.6) is 0 Å². The first-order chi connectivity index (χ1) is 10.2. The van der Waals surface area contributed by atoms with Crippen LogP contribution in [-0.2, 0) is 0 Å². The smallest absolute Gasteiger partial charge is 0.254 e. The highest BCUT2D eigenvalue weighted by Crippen LogP contribution is 2.30. The molecule has 1 heterocycles. The summed E-state index contributed by atoms with van der Waals surface area (Å²) >= 11 is 0. The maximum Gasteiger partial charge on any atom is 0.254 e. The van der Waals surface area contributed by atoms with Gasteiger partial charge in [0.15, 0.2) is 0 Å². The summed E-state index contributed by atoms with van der Waals surface area (Å²) < 4.78 is 0. The molecule has 0 spiro atoms. The number of nitrogens with two attached hydrogens (primary N) is 1. The largest absolute Gasteiger partial charge is 0.345 e. The van der Waals surface area contributed by atoms with Crippen molar-refractivity contribution < 1.29 is 4.79 Å². The van der Waals surface area contributed by atoms with E-state index in [1.165, 1.54) is 0 Å². The Morgan fingerprint density at radius 2 is 2.33 bits per heavy atom. The molecule has 1 aliphatic carbocycles. The third-order valence-corrected chi connectivity index (χ3v) is 4.59. The zero-order valence-corrected chi connectivity index (χ0v) is 12.4. The SMILES string of the molecule is CCN(C(=O)c1ccc2nc[nH]c2c1)C1CCCC1CN. The highest BCUT2D eigenvalue weighted by Gasteiger charge is 2.33. The summed E-state index contributed by atoms with van der Waals surface area (Å²) in [6.07, 6.45) is 5.01. The number of carbonyl (C=O) groups is 1. The van der Waals surface area contributed by atoms with Crippen LogP contribution in [-0.4, -0.2) is 39.9 Å². The molecule has 5 heteroatoms. The van der Waals surface area contributed by atoms with E-state index >= 15 is 0 Å². The van der Waals surface area contributed by atoms with Gasteiger partial charge in [-0.05, 0) is 50.4 Å². The Hall–Kier alpha value is -1.88. The van der Waals surface area contributed by atoms with Crippen molar-refractivity contribution in [1.82, 2.24) is 14.9 Å². The Labute approximate surface area is 124 Å². The first-order valence-electron chi connectivity index (χ1n) is 7.68. The molecule has 0 saturated heterocycles. The molecule has 21 heavy (non-hydrogen) atoms. The number of rotatable bonds is 4. The van der Waals surface area contributed by atoms with Gasteiger partial charge in [-0.25, -0.2) is 4.98 Å². The van der Waals surface area contributed by atoms with E-state index in [-0.39, 0.29) is 11.9 Å². The summed E-state index contributed by atoms with van der Waals surface area (Å²) in [5.74, 6) is 0.532. The Morgan fingerprint density at radius 3 is 3.10 bits per heavy atom. The summed E-state index contributed by atoms with van der Waals surface area (Å²) in [5.41, 5.74) is 8.37. The number of amides is 1. The quantitative estimate of drug-likeness (QED) is 0.904. The summed E-state index contributed by atoms with van der Waals surface area (Å²) in [7, 11) is 0. The lowest BCUT2D eigenvalue weighted by Gasteiger charge is -2.32. The van der Waals surface area contributed by atoms with Crippen LogP contribution >= 0.6 is 0 Å². The lowest BCUT2D eigenvalue weighted by atomic mass is 10.0. The number of aromatic amines is 1. The molecule has 1 fully saturated rings. The second-order valence-corrected chi connectivity index (χ2v) is 5.72. The minimum absolute atomic E-state index is 0.0966. The van der Waals surface area contributed by atoms with Crippen molar-refractivity contribution >= 4 is 16.9 Å². The maximum absolute atomic E-state index is 12.8. The average Bonchev–Trinajstić information content (AvgIpc) is 3.15. The standard InChI is InChI=1S/C16H22N4O/c1-2-20(15-5-3-4-12(15)9-17)16(21)11-6-7-13-14(8-11)19-10-18-13/h6-8,10,12,15H,2-5,9,17H2,1H3,(H,18,19). The molecule has 1 amide bonds. The Kier molecular flexibility index (Phi) is 3.92. The number of nitrogens with zero attached hydrogens (tertiary/aromatic N) is 2. The lowest BCUT2D eigenvalue weighted by Crippen LogP contribution is -2.44. The van der Waals surface area contributed by atoms with E-state index in [1.807, 2.05) is 30.0 Å². The molecular formula is C16H22N4O. The zero-order valence-electron chi connectivity index (χ0n) is 12.4. The fourth-order valence-electron chi connectivity index (χ4n) is 3.47. The topological polar surface area (TPSA) is 75.0 Å². The van der Waals surface area contributed by atoms with Crippen LogP contribution in [0.15, 0.2) is 24.5 Å². The molecule has 1 saturated carbocycles. The molecule has 0 radical (unpaired) electrons. The van der Waals surface area contributed by atoms with Gasteiger partial charge in [0, 0.05) is 18.2 Å². The first-order valence-corrected chi connectivity index (χ1v) is 7.68. The van der Waals surface area contributed by atoms with Crippen LogP contribution in [0.3, 0.4) is 0 Å². The highest BCUT2D eigenvalue weighted by atomic mass is 16.2. The fourth-order valence-corrected chi connectivity index (χ4v) is 3.47. The molecule has 1 aromatic carbocycles. The molecule has 2 aromatic rings. The summed E-state index contributed by atoms with van der Waals surface area (Å²) in [4.78, 5) is 22.1. The third kappa shape index (κ3) is 2.53. The van der Waals surface area contributed by atoms with Gasteiger partial charge in [0.2, 0.25) is 0 Å². The van der Waals surface area contributed by atoms with Crippen LogP contribution in [0.2, 0.25) is 0 Å². The molecule has 0 aliphatic heterocycles. The van der Waals surface area contributed by atoms with E-state index in [0.29, 0.717) is 12.5 Å². The normalized spacial score (nSPS) is 21.8. The molecule has 2 unspecified atom stereocenters. The van der Waals surface area contributed by atoms with Crippen molar-refractivity contribution in [2.24, 2.45) is 11.7 Å². The van der Waals surface area contributed by atoms with E-state index in [9.17, 15) is 4.79 Å². The van der Waals surface area contributed by atoms with Crippen molar-refractivity contribution in [1.29, 1.82) is 0 Å². The summed E-state index contributed by atoms with van der Waals surface area (Å²) in [6, 6.07) is 5.92. The number of benzene rings is 1. The zero-order chi connectivity index (χ0) is 14.8. The van der Waals surface area contributed by atoms with Gasteiger partial charge in [-0.3, -0.25) is 4.79 Å². The number of carbonyl (C=O) groups excluding carboxylic acids is 1. The molecule has 3 N–H and O–H groups in total. The number of hydrogen-bond donors (Lipinski definition) is 2. The molecule has 1 aromatic heterocycles. The highest BCUT2D eigenvalue weighted by molar-refractivity contribution is 5.97. The molecule has 112 valence electrons. The Morgan fingerprint density at radius 1 is 1.48 bits per heavy atom. The maximum atomic E-state index is 12.8. The second kappa shape index (κ2) is 5.85. The van der Waals surface area contributed by atoms with Crippen LogP contribution in [0.25, 0.3) is 11.0 Å². The summed E-state index contributed by atoms with van der Waals surface area (Å²) in [5, 5.41) is 0. The lowest BCUT2D eigenvalue weighted by molar-refractivity contribution is 0.0652. The van der Waals surface area contributed by atoms with Crippen molar-refractivity contribution in [2.45, 2.75) is 32.2 Å². The van der Waals surface area contributed by atoms with Crippen molar-refractivity contribution in [3.63, 3.8) is 0 Å². The number of H-pyrrole nitrogens is 1. The van der Waals surface area contributed by atoms with E-state index in [2.05, 4.69) is 9.97 Å². The van der Waals surface area contributed by atoms with Crippen molar-refractivity contribution in [3.8, 4) is 0 Å². The molecule has 0 bridgehead atoms. The minimum atomic E-state index is 0.0966. The number of hydrogen-bond acceptors (Lipinski definition) is 3. The van der Waals surface area contributed by atoms with E-state index < -0.39 is 0 Å². The number of fused-ring (bicyclic) bond motifs is 1. The average molecular weight is 286 g/mol. The number of nitrogens with one attached hydrogen (secondary N) is 1. The van der Waals surface area contributed by atoms with Crippen LogP contribution < -0.4 is 5.73 Å². The summed E-state index contributed by atoms with van der Waals surface area (Å²) in [6.45, 7) is 3.42. The molecular weight excluding hydrogens is 264 g/mol. The predicted molar refractivity (Wildman–Crippen MR) is 83.0 cm³/mol. The van der Waals surface area contributed by atoms with Gasteiger partial charge in [-0.15, -0.1) is 0 Å². The predicted octanol–water partition coefficient (Wildman–Crippen LogP) is 2.15. The van der Waals surface area contributed by atoms with Gasteiger partial charge < -0.3 is 15.6 Å². The van der Waals surface area contributed by atoms with Crippen LogP contribution in [0.4, 0.5) is 0 Å². The van der Waals surface area contributed by atoms with Crippen molar-refractivity contribution in [3.05, 3.63) is 30.1 Å². The van der Waals surface area contributed by atoms with Gasteiger partial charge in [-0.2, -0.15) is 0 Å². The van der Waals surface area contributed by atoms with Crippen LogP contribution in [0.1, 0.15) is 36.5 Å². The molecule has 3 rings (SSSR count). The van der Waals surface area contributed by atoms with E-state index in [1.54, 1.807) is 6.33 Å². The van der Waals surface area contributed by atoms with Gasteiger partial charge >= 0.3 is 0 Å². The third-order valence-electron chi connectivity index (χ3n) is 4.59.